The van der Waals surface area contributed by atoms with E-state index in [4.69, 9.17) is 4.74 Å². The third-order valence-corrected chi connectivity index (χ3v) is 12.7. The lowest BCUT2D eigenvalue weighted by Crippen LogP contribution is -2.59. The molecule has 5 rings (SSSR count). The Balaban J connectivity index is 1.10. The molecule has 41 heavy (non-hydrogen) atoms. The third-order valence-electron chi connectivity index (χ3n) is 12.7. The van der Waals surface area contributed by atoms with E-state index >= 15 is 0 Å². The molecule has 0 saturated heterocycles. The van der Waals surface area contributed by atoms with Gasteiger partial charge in [0.25, 0.3) is 0 Å². The van der Waals surface area contributed by atoms with Gasteiger partial charge in [0, 0.05) is 31.4 Å². The number of rotatable bonds is 12. The molecule has 0 amide bonds. The van der Waals surface area contributed by atoms with E-state index in [9.17, 15) is 9.90 Å². The summed E-state index contributed by atoms with van der Waals surface area (Å²) in [5, 5.41) is 19.2. The van der Waals surface area contributed by atoms with E-state index < -0.39 is 0 Å². The number of carbonyl (C=O) groups excluding carboxylic acids is 1. The van der Waals surface area contributed by atoms with Crippen molar-refractivity contribution in [2.45, 2.75) is 117 Å². The summed E-state index contributed by atoms with van der Waals surface area (Å²) in [6.45, 7) is 10.5. The molecule has 0 radical (unpaired) electrons. The summed E-state index contributed by atoms with van der Waals surface area (Å²) < 4.78 is 4.92. The summed E-state index contributed by atoms with van der Waals surface area (Å²) in [5.41, 5.74) is 1.91. The normalized spacial score (nSPS) is 38.9. The number of carbonyl (C=O) groups is 1. The number of nitrogens with zero attached hydrogens (tertiary/aromatic N) is 1. The first kappa shape index (κ1) is 30.9. The first-order valence-corrected chi connectivity index (χ1v) is 16.8. The summed E-state index contributed by atoms with van der Waals surface area (Å²) in [6, 6.07) is 4.71. The van der Waals surface area contributed by atoms with E-state index in [-0.39, 0.29) is 12.1 Å². The lowest BCUT2D eigenvalue weighted by atomic mass is 9.43. The van der Waals surface area contributed by atoms with Crippen LogP contribution >= 0.6 is 0 Å². The lowest BCUT2D eigenvalue weighted by Gasteiger charge is -2.62. The Morgan fingerprint density at radius 1 is 1.10 bits per heavy atom. The smallest absolute Gasteiger partial charge is 0.305 e. The highest BCUT2D eigenvalue weighted by Crippen LogP contribution is 2.68. The van der Waals surface area contributed by atoms with Crippen molar-refractivity contribution in [2.75, 3.05) is 20.2 Å². The SMILES string of the molecule is COC(=O)CC[C@@H](C)[C@H]1CCC2C3C(CC[C@@]21C)[C@@]1(C)CC[C@@H](NCCCCNCc2cccnc2)C[C@@H]1C[C@@H]3O. The Morgan fingerprint density at radius 2 is 1.88 bits per heavy atom. The molecule has 1 heterocycles. The van der Waals surface area contributed by atoms with Crippen LogP contribution in [0.25, 0.3) is 0 Å². The van der Waals surface area contributed by atoms with Crippen molar-refractivity contribution in [1.82, 2.24) is 15.6 Å². The van der Waals surface area contributed by atoms with Gasteiger partial charge in [0.2, 0.25) is 0 Å². The second-order valence-corrected chi connectivity index (χ2v) is 14.8. The van der Waals surface area contributed by atoms with E-state index in [0.717, 1.165) is 32.5 Å². The van der Waals surface area contributed by atoms with Crippen LogP contribution in [0.1, 0.15) is 103 Å². The predicted octanol–water partition coefficient (Wildman–Crippen LogP) is 6.13. The summed E-state index contributed by atoms with van der Waals surface area (Å²) in [5.74, 6) is 3.47. The third kappa shape index (κ3) is 6.55. The first-order chi connectivity index (χ1) is 19.8. The molecular weight excluding hydrogens is 510 g/mol. The van der Waals surface area contributed by atoms with E-state index in [2.05, 4.69) is 42.5 Å². The second kappa shape index (κ2) is 13.4. The molecule has 0 aliphatic heterocycles. The fourth-order valence-electron chi connectivity index (χ4n) is 10.4. The number of aromatic nitrogens is 1. The highest BCUT2D eigenvalue weighted by Gasteiger charge is 2.62. The second-order valence-electron chi connectivity index (χ2n) is 14.8. The van der Waals surface area contributed by atoms with Crippen LogP contribution in [0.2, 0.25) is 0 Å². The van der Waals surface area contributed by atoms with Gasteiger partial charge in [-0.3, -0.25) is 9.78 Å². The standard InChI is InChI=1S/C35H57N3O3/c1-24(9-12-32(40)41-4)28-10-11-29-33-30(14-16-35(28,29)3)34(2)15-13-27(20-26(34)21-31(33)39)38-19-6-5-17-36-22-25-8-7-18-37-23-25/h7-8,18,23-24,26-31,33,36,38-39H,5-6,9-17,19-22H2,1-4H3/t24-,26-,27-,28-,29?,30?,31+,33?,34+,35-/m1/s1. The maximum absolute atomic E-state index is 11.8. The minimum Gasteiger partial charge on any atom is -0.469 e. The molecule has 10 atom stereocenters. The van der Waals surface area contributed by atoms with Crippen molar-refractivity contribution in [3.63, 3.8) is 0 Å². The molecule has 4 aliphatic rings. The zero-order valence-corrected chi connectivity index (χ0v) is 26.2. The molecule has 6 heteroatoms. The minimum absolute atomic E-state index is 0.0826. The molecule has 1 aromatic rings. The largest absolute Gasteiger partial charge is 0.469 e. The quantitative estimate of drug-likeness (QED) is 0.208. The zero-order valence-electron chi connectivity index (χ0n) is 26.2. The van der Waals surface area contributed by atoms with Gasteiger partial charge >= 0.3 is 5.97 Å². The molecule has 0 aromatic carbocycles. The Labute approximate surface area is 249 Å². The van der Waals surface area contributed by atoms with Crippen molar-refractivity contribution in [3.8, 4) is 0 Å². The topological polar surface area (TPSA) is 83.5 Å². The fourth-order valence-corrected chi connectivity index (χ4v) is 10.4. The number of ether oxygens (including phenoxy) is 1. The van der Waals surface area contributed by atoms with Crippen molar-refractivity contribution >= 4 is 5.97 Å². The average Bonchev–Trinajstić information content (AvgIpc) is 3.33. The Kier molecular flexibility index (Phi) is 10.1. The Bertz CT molecular complexity index is 990. The van der Waals surface area contributed by atoms with Crippen LogP contribution in [0.5, 0.6) is 0 Å². The van der Waals surface area contributed by atoms with Gasteiger partial charge in [0.1, 0.15) is 0 Å². The maximum atomic E-state index is 11.8. The number of pyridine rings is 1. The van der Waals surface area contributed by atoms with Gasteiger partial charge in [-0.2, -0.15) is 0 Å². The monoisotopic (exact) mass is 567 g/mol. The lowest BCUT2D eigenvalue weighted by molar-refractivity contribution is -0.167. The molecule has 230 valence electrons. The van der Waals surface area contributed by atoms with Gasteiger partial charge in [0.15, 0.2) is 0 Å². The summed E-state index contributed by atoms with van der Waals surface area (Å²) in [6.07, 6.45) is 17.3. The van der Waals surface area contributed by atoms with Gasteiger partial charge in [-0.25, -0.2) is 0 Å². The summed E-state index contributed by atoms with van der Waals surface area (Å²) >= 11 is 0. The van der Waals surface area contributed by atoms with Crippen LogP contribution in [0.15, 0.2) is 24.5 Å². The molecule has 3 unspecified atom stereocenters. The fraction of sp³-hybridized carbons (Fsp3) is 0.829. The van der Waals surface area contributed by atoms with Gasteiger partial charge in [-0.05, 0) is 142 Å². The van der Waals surface area contributed by atoms with Crippen molar-refractivity contribution in [1.29, 1.82) is 0 Å². The maximum Gasteiger partial charge on any atom is 0.305 e. The molecule has 6 nitrogen and oxygen atoms in total. The van der Waals surface area contributed by atoms with E-state index in [1.807, 2.05) is 18.5 Å². The average molecular weight is 568 g/mol. The van der Waals surface area contributed by atoms with E-state index in [1.54, 1.807) is 0 Å². The van der Waals surface area contributed by atoms with Crippen molar-refractivity contribution < 1.29 is 14.6 Å². The van der Waals surface area contributed by atoms with Crippen LogP contribution in [0.4, 0.5) is 0 Å². The van der Waals surface area contributed by atoms with Crippen LogP contribution < -0.4 is 10.6 Å². The van der Waals surface area contributed by atoms with Crippen LogP contribution in [-0.4, -0.2) is 48.4 Å². The number of nitrogens with one attached hydrogen (secondary N) is 2. The molecule has 4 fully saturated rings. The number of esters is 1. The number of aliphatic hydroxyl groups excluding tert-OH is 1. The Hall–Kier alpha value is -1.50. The molecule has 0 spiro atoms. The molecule has 0 bridgehead atoms. The molecule has 4 aliphatic carbocycles. The Morgan fingerprint density at radius 3 is 2.66 bits per heavy atom. The van der Waals surface area contributed by atoms with Crippen LogP contribution in [0, 0.1) is 46.3 Å². The summed E-state index contributed by atoms with van der Waals surface area (Å²) in [7, 11) is 1.49. The number of unbranched alkanes of at least 4 members (excludes halogenated alkanes) is 1. The van der Waals surface area contributed by atoms with Crippen LogP contribution in [0.3, 0.4) is 0 Å². The number of hydrogen-bond acceptors (Lipinski definition) is 6. The van der Waals surface area contributed by atoms with Crippen LogP contribution in [-0.2, 0) is 16.1 Å². The predicted molar refractivity (Wildman–Crippen MR) is 164 cm³/mol. The van der Waals surface area contributed by atoms with Crippen molar-refractivity contribution in [2.24, 2.45) is 46.3 Å². The number of aliphatic hydroxyl groups is 1. The first-order valence-electron chi connectivity index (χ1n) is 16.8. The highest BCUT2D eigenvalue weighted by molar-refractivity contribution is 5.69. The zero-order chi connectivity index (χ0) is 29.0. The van der Waals surface area contributed by atoms with Gasteiger partial charge in [-0.1, -0.05) is 26.8 Å². The summed E-state index contributed by atoms with van der Waals surface area (Å²) in [4.78, 5) is 16.0. The number of hydrogen-bond donors (Lipinski definition) is 3. The molecule has 4 saturated carbocycles. The number of fused-ring (bicyclic) bond motifs is 5. The molecular formula is C35H57N3O3. The van der Waals surface area contributed by atoms with Gasteiger partial charge in [-0.15, -0.1) is 0 Å². The van der Waals surface area contributed by atoms with E-state index in [0.29, 0.717) is 58.8 Å². The molecule has 3 N–H and O–H groups in total. The molecule has 1 aromatic heterocycles. The minimum atomic E-state index is -0.156. The number of methoxy groups -OCH3 is 1. The van der Waals surface area contributed by atoms with Gasteiger partial charge in [0.05, 0.1) is 13.2 Å². The van der Waals surface area contributed by atoms with E-state index in [1.165, 1.54) is 70.5 Å². The highest BCUT2D eigenvalue weighted by atomic mass is 16.5. The van der Waals surface area contributed by atoms with Crippen molar-refractivity contribution in [3.05, 3.63) is 30.1 Å². The van der Waals surface area contributed by atoms with Gasteiger partial charge < -0.3 is 20.5 Å².